The number of amides is 1. The molecule has 0 saturated carbocycles. The predicted octanol–water partition coefficient (Wildman–Crippen LogP) is 2.12. The third-order valence-corrected chi connectivity index (χ3v) is 3.18. The fraction of sp³-hybridized carbons (Fsp3) is 0.917. The van der Waals surface area contributed by atoms with Crippen molar-refractivity contribution in [2.24, 2.45) is 5.92 Å². The quantitative estimate of drug-likeness (QED) is 0.784. The predicted molar refractivity (Wildman–Crippen MR) is 63.4 cm³/mol. The molecular formula is C12H20F4N2O. The topological polar surface area (TPSA) is 32.3 Å². The number of hydrogen-bond donors (Lipinski definition) is 1. The van der Waals surface area contributed by atoms with E-state index in [-0.39, 0.29) is 25.0 Å². The molecule has 7 heteroatoms. The highest BCUT2D eigenvalue weighted by atomic mass is 19.3. The Labute approximate surface area is 110 Å². The normalized spacial score (nSPS) is 21.3. The smallest absolute Gasteiger partial charge is 0.337 e. The molecule has 1 aliphatic rings. The van der Waals surface area contributed by atoms with Crippen LogP contribution in [0.25, 0.3) is 0 Å². The number of alkyl halides is 4. The Hall–Kier alpha value is -0.850. The summed E-state index contributed by atoms with van der Waals surface area (Å²) in [6.45, 7) is 4.75. The molecule has 1 N–H and O–H groups in total. The number of rotatable bonds is 5. The van der Waals surface area contributed by atoms with Gasteiger partial charge in [-0.2, -0.15) is 8.78 Å². The van der Waals surface area contributed by atoms with Crippen LogP contribution < -0.4 is 5.32 Å². The number of hydrogen-bond acceptors (Lipinski definition) is 2. The first-order valence-electron chi connectivity index (χ1n) is 6.43. The summed E-state index contributed by atoms with van der Waals surface area (Å²) in [5, 5.41) is 3.16. The average Bonchev–Trinajstić information content (AvgIpc) is 2.35. The maximum absolute atomic E-state index is 13.0. The van der Waals surface area contributed by atoms with Crippen LogP contribution in [0.3, 0.4) is 0 Å². The van der Waals surface area contributed by atoms with Crippen LogP contribution in [0.5, 0.6) is 0 Å². The number of carbonyl (C=O) groups is 1. The summed E-state index contributed by atoms with van der Waals surface area (Å²) in [4.78, 5) is 12.3. The van der Waals surface area contributed by atoms with Crippen molar-refractivity contribution in [2.45, 2.75) is 45.1 Å². The van der Waals surface area contributed by atoms with Crippen LogP contribution in [0.15, 0.2) is 0 Å². The van der Waals surface area contributed by atoms with E-state index in [1.807, 2.05) is 13.8 Å². The molecule has 0 radical (unpaired) electrons. The fourth-order valence-corrected chi connectivity index (χ4v) is 2.12. The van der Waals surface area contributed by atoms with Crippen LogP contribution in [0.4, 0.5) is 17.6 Å². The monoisotopic (exact) mass is 284 g/mol. The van der Waals surface area contributed by atoms with Crippen LogP contribution in [0, 0.1) is 5.92 Å². The molecule has 1 amide bonds. The van der Waals surface area contributed by atoms with Gasteiger partial charge in [0.1, 0.15) is 0 Å². The van der Waals surface area contributed by atoms with Crippen molar-refractivity contribution in [1.29, 1.82) is 0 Å². The number of carbonyl (C=O) groups excluding carboxylic acids is 1. The number of nitrogens with zero attached hydrogens (tertiary/aromatic N) is 1. The lowest BCUT2D eigenvalue weighted by Crippen LogP contribution is -2.52. The molecule has 1 saturated heterocycles. The van der Waals surface area contributed by atoms with E-state index >= 15 is 0 Å². The summed E-state index contributed by atoms with van der Waals surface area (Å²) >= 11 is 0. The zero-order chi connectivity index (χ0) is 14.6. The molecule has 1 heterocycles. The van der Waals surface area contributed by atoms with Crippen molar-refractivity contribution < 1.29 is 22.4 Å². The summed E-state index contributed by atoms with van der Waals surface area (Å²) < 4.78 is 50.3. The van der Waals surface area contributed by atoms with E-state index in [9.17, 15) is 22.4 Å². The van der Waals surface area contributed by atoms with E-state index in [2.05, 4.69) is 5.32 Å². The molecule has 112 valence electrons. The van der Waals surface area contributed by atoms with Crippen LogP contribution in [-0.4, -0.2) is 48.8 Å². The first kappa shape index (κ1) is 16.2. The van der Waals surface area contributed by atoms with Crippen LogP contribution in [0.2, 0.25) is 0 Å². The molecule has 1 fully saturated rings. The van der Waals surface area contributed by atoms with E-state index < -0.39 is 18.3 Å². The summed E-state index contributed by atoms with van der Waals surface area (Å²) in [6, 6.07) is 0.258. The molecule has 0 spiro atoms. The summed E-state index contributed by atoms with van der Waals surface area (Å²) in [6.07, 6.45) is -2.58. The van der Waals surface area contributed by atoms with Gasteiger partial charge in [-0.05, 0) is 25.3 Å². The van der Waals surface area contributed by atoms with Gasteiger partial charge in [-0.1, -0.05) is 13.8 Å². The van der Waals surface area contributed by atoms with Gasteiger partial charge in [0.2, 0.25) is 0 Å². The number of halogens is 4. The van der Waals surface area contributed by atoms with E-state index in [1.54, 1.807) is 0 Å². The van der Waals surface area contributed by atoms with Crippen LogP contribution >= 0.6 is 0 Å². The van der Waals surface area contributed by atoms with Crippen LogP contribution in [0.1, 0.15) is 26.7 Å². The second-order valence-electron chi connectivity index (χ2n) is 5.25. The number of likely N-dealkylation sites (tertiary alicyclic amines) is 1. The second kappa shape index (κ2) is 6.54. The highest BCUT2D eigenvalue weighted by Crippen LogP contribution is 2.27. The van der Waals surface area contributed by atoms with Crippen molar-refractivity contribution in [2.75, 3.05) is 19.6 Å². The molecule has 3 nitrogen and oxygen atoms in total. The molecule has 1 aliphatic heterocycles. The van der Waals surface area contributed by atoms with Gasteiger partial charge in [0, 0.05) is 19.1 Å². The summed E-state index contributed by atoms with van der Waals surface area (Å²) in [5.74, 6) is -6.29. The first-order chi connectivity index (χ1) is 8.75. The van der Waals surface area contributed by atoms with Gasteiger partial charge < -0.3 is 10.2 Å². The van der Waals surface area contributed by atoms with E-state index in [1.165, 1.54) is 0 Å². The Balaban J connectivity index is 2.57. The Morgan fingerprint density at radius 1 is 1.42 bits per heavy atom. The maximum atomic E-state index is 13.0. The third-order valence-electron chi connectivity index (χ3n) is 3.18. The minimum Gasteiger partial charge on any atom is -0.337 e. The Bertz CT molecular complexity index is 310. The Kier molecular flexibility index (Phi) is 5.58. The molecule has 1 atom stereocenters. The maximum Gasteiger partial charge on any atom is 0.383 e. The highest BCUT2D eigenvalue weighted by molar-refractivity contribution is 5.84. The van der Waals surface area contributed by atoms with Gasteiger partial charge in [-0.3, -0.25) is 4.79 Å². The summed E-state index contributed by atoms with van der Waals surface area (Å²) in [5.41, 5.74) is 0. The van der Waals surface area contributed by atoms with E-state index in [0.29, 0.717) is 13.0 Å². The molecule has 0 aromatic rings. The Morgan fingerprint density at radius 2 is 2.05 bits per heavy atom. The molecule has 0 aromatic heterocycles. The standard InChI is InChI=1S/C12H20F4N2O/c1-8(2)17-6-9-4-3-5-18(7-9)11(19)12(15,16)10(13)14/h8-10,17H,3-7H2,1-2H3. The molecule has 0 bridgehead atoms. The lowest BCUT2D eigenvalue weighted by atomic mass is 9.97. The SMILES string of the molecule is CC(C)NCC1CCCN(C(=O)C(F)(F)C(F)F)C1. The third kappa shape index (κ3) is 4.33. The molecule has 0 aliphatic carbocycles. The van der Waals surface area contributed by atoms with Gasteiger partial charge in [-0.15, -0.1) is 0 Å². The summed E-state index contributed by atoms with van der Waals surface area (Å²) in [7, 11) is 0. The Morgan fingerprint density at radius 3 is 2.58 bits per heavy atom. The number of nitrogens with one attached hydrogen (secondary N) is 1. The second-order valence-corrected chi connectivity index (χ2v) is 5.25. The molecule has 0 aromatic carbocycles. The van der Waals surface area contributed by atoms with Crippen molar-refractivity contribution in [3.63, 3.8) is 0 Å². The van der Waals surface area contributed by atoms with Crippen molar-refractivity contribution in [3.8, 4) is 0 Å². The first-order valence-corrected chi connectivity index (χ1v) is 6.43. The van der Waals surface area contributed by atoms with Crippen molar-refractivity contribution in [1.82, 2.24) is 10.2 Å². The number of piperidine rings is 1. The molecule has 1 rings (SSSR count). The molecule has 1 unspecified atom stereocenters. The average molecular weight is 284 g/mol. The lowest BCUT2D eigenvalue weighted by molar-refractivity contribution is -0.182. The fourth-order valence-electron chi connectivity index (χ4n) is 2.12. The van der Waals surface area contributed by atoms with Crippen LogP contribution in [-0.2, 0) is 4.79 Å². The largest absolute Gasteiger partial charge is 0.383 e. The van der Waals surface area contributed by atoms with E-state index in [0.717, 1.165) is 11.3 Å². The zero-order valence-corrected chi connectivity index (χ0v) is 11.1. The van der Waals surface area contributed by atoms with Gasteiger partial charge in [0.15, 0.2) is 0 Å². The van der Waals surface area contributed by atoms with Gasteiger partial charge in [0.25, 0.3) is 5.91 Å². The lowest BCUT2D eigenvalue weighted by Gasteiger charge is -2.35. The zero-order valence-electron chi connectivity index (χ0n) is 11.1. The minimum atomic E-state index is -4.58. The van der Waals surface area contributed by atoms with Gasteiger partial charge >= 0.3 is 12.3 Å². The van der Waals surface area contributed by atoms with Crippen molar-refractivity contribution >= 4 is 5.91 Å². The van der Waals surface area contributed by atoms with Gasteiger partial charge in [0.05, 0.1) is 0 Å². The highest BCUT2D eigenvalue weighted by Gasteiger charge is 2.51. The van der Waals surface area contributed by atoms with Gasteiger partial charge in [-0.25, -0.2) is 8.78 Å². The van der Waals surface area contributed by atoms with Crippen molar-refractivity contribution in [3.05, 3.63) is 0 Å². The minimum absolute atomic E-state index is 0.0357. The van der Waals surface area contributed by atoms with E-state index in [4.69, 9.17) is 0 Å². The molecular weight excluding hydrogens is 264 g/mol. The molecule has 19 heavy (non-hydrogen) atoms.